The molecule has 6 nitrogen and oxygen atoms in total. The fourth-order valence-electron chi connectivity index (χ4n) is 12.1. The number of methoxy groups -OCH3 is 1. The molecule has 0 amide bonds. The van der Waals surface area contributed by atoms with Crippen molar-refractivity contribution in [3.8, 4) is 0 Å². The molecule has 3 aliphatic heterocycles. The van der Waals surface area contributed by atoms with Crippen molar-refractivity contribution in [3.63, 3.8) is 0 Å². The summed E-state index contributed by atoms with van der Waals surface area (Å²) < 4.78 is 6.55. The van der Waals surface area contributed by atoms with Gasteiger partial charge in [-0.25, -0.2) is 0 Å². The van der Waals surface area contributed by atoms with Gasteiger partial charge >= 0.3 is 0 Å². The number of nitrogens with one attached hydrogen (secondary N) is 4. The minimum absolute atomic E-state index is 0.00625. The second kappa shape index (κ2) is 22.3. The zero-order valence-electron chi connectivity index (χ0n) is 39.7. The standard InChI is InChI=1S/C55H85N5O/c1-10-25-43-27-24-32-50-52(43)53(59-55(39-56-50,45-28-17-14-18-29-45)46-30-19-15-20-31-46)41(6)26-23-33-51(61-9)48(13-4)44-34-35-49(40(5)11-2)47(12-3)42(7)58-54(8,57-38-44)60-36-21-16-22-37-60/h10-12,24-25,27,32,34-35,45-48,51,56-59H,3,7,13-23,26,28-31,33,36-39H2,1-2,4-6,8-9H3/b25-10-,40-11-,44-34+,49-35-,53-41-. The molecule has 0 radical (unpaired) electrons. The first-order valence-electron chi connectivity index (χ1n) is 24.8. The fourth-order valence-corrected chi connectivity index (χ4v) is 12.1. The van der Waals surface area contributed by atoms with E-state index in [-0.39, 0.29) is 23.5 Å². The van der Waals surface area contributed by atoms with E-state index in [1.54, 1.807) is 0 Å². The van der Waals surface area contributed by atoms with Gasteiger partial charge in [0.2, 0.25) is 0 Å². The zero-order chi connectivity index (χ0) is 43.4. The molecule has 0 spiro atoms. The van der Waals surface area contributed by atoms with E-state index in [4.69, 9.17) is 4.74 Å². The highest BCUT2D eigenvalue weighted by Crippen LogP contribution is 2.47. The van der Waals surface area contributed by atoms with E-state index >= 15 is 0 Å². The number of piperidine rings is 1. The highest BCUT2D eigenvalue weighted by Gasteiger charge is 2.48. The molecule has 3 heterocycles. The van der Waals surface area contributed by atoms with E-state index in [0.29, 0.717) is 11.8 Å². The molecule has 4 atom stereocenters. The normalized spacial score (nSPS) is 28.7. The quantitative estimate of drug-likeness (QED) is 0.140. The summed E-state index contributed by atoms with van der Waals surface area (Å²) in [5, 5.41) is 16.6. The minimum Gasteiger partial charge on any atom is -0.382 e. The summed E-state index contributed by atoms with van der Waals surface area (Å²) in [4.78, 5) is 2.59. The summed E-state index contributed by atoms with van der Waals surface area (Å²) in [6.45, 7) is 26.4. The maximum Gasteiger partial charge on any atom is 0.143 e. The number of ether oxygens (including phenoxy) is 1. The Bertz CT molecular complexity index is 1760. The Morgan fingerprint density at radius 1 is 0.934 bits per heavy atom. The summed E-state index contributed by atoms with van der Waals surface area (Å²) in [5.41, 5.74) is 11.8. The van der Waals surface area contributed by atoms with Gasteiger partial charge in [0.15, 0.2) is 0 Å². The number of fused-ring (bicyclic) bond motifs is 1. The van der Waals surface area contributed by atoms with Crippen LogP contribution in [0.2, 0.25) is 0 Å². The lowest BCUT2D eigenvalue weighted by Crippen LogP contribution is -2.67. The molecule has 2 saturated carbocycles. The van der Waals surface area contributed by atoms with Crippen molar-refractivity contribution in [1.82, 2.24) is 20.9 Å². The van der Waals surface area contributed by atoms with Crippen molar-refractivity contribution in [2.24, 2.45) is 23.7 Å². The third kappa shape index (κ3) is 10.9. The Kier molecular flexibility index (Phi) is 17.3. The van der Waals surface area contributed by atoms with Crippen molar-refractivity contribution >= 4 is 17.5 Å². The number of allylic oxidation sites excluding steroid dienone is 7. The summed E-state index contributed by atoms with van der Waals surface area (Å²) in [6.07, 6.45) is 35.1. The molecule has 4 N–H and O–H groups in total. The highest BCUT2D eigenvalue weighted by molar-refractivity contribution is 5.85. The molecule has 336 valence electrons. The molecule has 6 heteroatoms. The molecule has 4 unspecified atom stereocenters. The van der Waals surface area contributed by atoms with Crippen LogP contribution in [-0.2, 0) is 4.74 Å². The van der Waals surface area contributed by atoms with Crippen LogP contribution in [0.4, 0.5) is 5.69 Å². The van der Waals surface area contributed by atoms with Crippen LogP contribution in [0.25, 0.3) is 11.8 Å². The lowest BCUT2D eigenvalue weighted by molar-refractivity contribution is 0.0272. The van der Waals surface area contributed by atoms with E-state index in [2.05, 4.69) is 136 Å². The van der Waals surface area contributed by atoms with E-state index in [9.17, 15) is 0 Å². The second-order valence-electron chi connectivity index (χ2n) is 19.5. The summed E-state index contributed by atoms with van der Waals surface area (Å²) in [5.74, 6) is 1.23. The largest absolute Gasteiger partial charge is 0.382 e. The number of anilines is 1. The van der Waals surface area contributed by atoms with Gasteiger partial charge < -0.3 is 20.7 Å². The van der Waals surface area contributed by atoms with Gasteiger partial charge in [-0.3, -0.25) is 10.2 Å². The Hall–Kier alpha value is -3.32. The van der Waals surface area contributed by atoms with E-state index < -0.39 is 5.79 Å². The Morgan fingerprint density at radius 3 is 2.21 bits per heavy atom. The number of rotatable bonds is 14. The molecular weight excluding hydrogens is 747 g/mol. The monoisotopic (exact) mass is 832 g/mol. The van der Waals surface area contributed by atoms with Crippen LogP contribution in [0.3, 0.4) is 0 Å². The fraction of sp³-hybridized carbons (Fsp3) is 0.636. The maximum atomic E-state index is 6.55. The summed E-state index contributed by atoms with van der Waals surface area (Å²) in [6, 6.07) is 6.89. The molecule has 1 saturated heterocycles. The van der Waals surface area contributed by atoms with Crippen molar-refractivity contribution in [1.29, 1.82) is 0 Å². The first-order chi connectivity index (χ1) is 29.6. The van der Waals surface area contributed by atoms with Crippen LogP contribution in [0, 0.1) is 23.7 Å². The van der Waals surface area contributed by atoms with Gasteiger partial charge in [-0.15, -0.1) is 6.58 Å². The predicted molar refractivity (Wildman–Crippen MR) is 263 cm³/mol. The lowest BCUT2D eigenvalue weighted by atomic mass is 9.64. The van der Waals surface area contributed by atoms with E-state index in [1.165, 1.54) is 128 Å². The van der Waals surface area contributed by atoms with Crippen molar-refractivity contribution in [2.75, 3.05) is 38.6 Å². The third-order valence-corrected chi connectivity index (χ3v) is 15.8. The van der Waals surface area contributed by atoms with Crippen molar-refractivity contribution < 1.29 is 4.74 Å². The van der Waals surface area contributed by atoms with Gasteiger partial charge in [0.1, 0.15) is 5.79 Å². The van der Waals surface area contributed by atoms with Crippen LogP contribution in [0.1, 0.15) is 162 Å². The first kappa shape index (κ1) is 47.2. The average Bonchev–Trinajstić information content (AvgIpc) is 3.48. The Labute approximate surface area is 373 Å². The van der Waals surface area contributed by atoms with Crippen LogP contribution in [0.5, 0.6) is 0 Å². The molecule has 5 aliphatic rings. The smallest absolute Gasteiger partial charge is 0.143 e. The lowest BCUT2D eigenvalue weighted by Gasteiger charge is -2.50. The van der Waals surface area contributed by atoms with Crippen molar-refractivity contribution in [2.45, 2.75) is 168 Å². The van der Waals surface area contributed by atoms with E-state index in [1.807, 2.05) is 7.11 Å². The molecule has 61 heavy (non-hydrogen) atoms. The minimum atomic E-state index is -0.429. The van der Waals surface area contributed by atoms with Crippen LogP contribution in [-0.4, -0.2) is 55.6 Å². The summed E-state index contributed by atoms with van der Waals surface area (Å²) >= 11 is 0. The van der Waals surface area contributed by atoms with Crippen molar-refractivity contribution in [3.05, 3.63) is 101 Å². The zero-order valence-corrected chi connectivity index (χ0v) is 39.7. The highest BCUT2D eigenvalue weighted by atomic mass is 16.5. The van der Waals surface area contributed by atoms with Crippen LogP contribution >= 0.6 is 0 Å². The van der Waals surface area contributed by atoms with Gasteiger partial charge in [0.05, 0.1) is 11.6 Å². The molecule has 2 aliphatic carbocycles. The molecule has 0 aromatic heterocycles. The summed E-state index contributed by atoms with van der Waals surface area (Å²) in [7, 11) is 1.94. The topological polar surface area (TPSA) is 60.6 Å². The van der Waals surface area contributed by atoms with Gasteiger partial charge in [0.25, 0.3) is 0 Å². The number of benzene rings is 1. The van der Waals surface area contributed by atoms with Gasteiger partial charge in [-0.2, -0.15) is 0 Å². The molecule has 1 aromatic carbocycles. The first-order valence-corrected chi connectivity index (χ1v) is 24.8. The predicted octanol–water partition coefficient (Wildman–Crippen LogP) is 13.1. The molecule has 1 aromatic rings. The average molecular weight is 832 g/mol. The molecular formula is C55H85N5O. The molecule has 6 rings (SSSR count). The Morgan fingerprint density at radius 2 is 1.61 bits per heavy atom. The number of likely N-dealkylation sites (tertiary alicyclic amines) is 1. The Balaban J connectivity index is 1.32. The number of hydrogen-bond donors (Lipinski definition) is 4. The van der Waals surface area contributed by atoms with Crippen LogP contribution < -0.4 is 21.3 Å². The van der Waals surface area contributed by atoms with Gasteiger partial charge in [-0.1, -0.05) is 118 Å². The number of nitrogens with zero attached hydrogens (tertiary/aromatic N) is 1. The SMILES string of the molecule is C=CC1C(=C)NC(C)(N2CCCCC2)NC\C(C(CC)C(CCC/C(C)=C2\NC(C3CCCCC3)(C3CCCCC3)CNc3cccc(/C=C\C)c32)OC)=C/C=C1/C(C)=C\C. The van der Waals surface area contributed by atoms with Gasteiger partial charge in [0, 0.05) is 67.8 Å². The van der Waals surface area contributed by atoms with Crippen LogP contribution in [0.15, 0.2) is 89.7 Å². The second-order valence-corrected chi connectivity index (χ2v) is 19.5. The molecule has 3 fully saturated rings. The third-order valence-electron chi connectivity index (χ3n) is 15.8. The number of hydrogen-bond acceptors (Lipinski definition) is 6. The van der Waals surface area contributed by atoms with E-state index in [0.717, 1.165) is 57.6 Å². The molecule has 0 bridgehead atoms. The maximum absolute atomic E-state index is 6.55. The van der Waals surface area contributed by atoms with Gasteiger partial charge in [-0.05, 0) is 133 Å².